The molecule has 0 spiro atoms. The molecule has 4 aromatic carbocycles. The lowest BCUT2D eigenvalue weighted by molar-refractivity contribution is -0.0287. The van der Waals surface area contributed by atoms with E-state index in [2.05, 4.69) is 82.0 Å². The lowest BCUT2D eigenvalue weighted by atomic mass is 10.1. The first kappa shape index (κ1) is 41.7. The summed E-state index contributed by atoms with van der Waals surface area (Å²) in [5.74, 6) is -0.840. The van der Waals surface area contributed by atoms with Gasteiger partial charge in [-0.3, -0.25) is 0 Å². The molecule has 4 saturated heterocycles. The predicted octanol–water partition coefficient (Wildman–Crippen LogP) is 8.35. The molecule has 0 aromatic heterocycles. The van der Waals surface area contributed by atoms with Crippen LogP contribution in [0.25, 0.3) is 0 Å². The van der Waals surface area contributed by atoms with Crippen LogP contribution in [0.1, 0.15) is 84.2 Å². The summed E-state index contributed by atoms with van der Waals surface area (Å²) < 4.78 is 23.8. The highest BCUT2D eigenvalue weighted by molar-refractivity contribution is 5.90. The van der Waals surface area contributed by atoms with E-state index >= 15 is 0 Å². The Morgan fingerprint density at radius 1 is 0.467 bits per heavy atom. The SMILES string of the molecule is CCCCCc1ccc(N2CCN(c3ccc(C(=O)OC4COC5C(OC(=O)c6ccc(N7CCN(c8ccc(CCCCC)cc8)CC7)cc6)COC45)cc3)CC2)cc1. The number of carbonyl (C=O) groups is 2. The number of hydrogen-bond donors (Lipinski definition) is 0. The van der Waals surface area contributed by atoms with Gasteiger partial charge in [-0.15, -0.1) is 0 Å². The highest BCUT2D eigenvalue weighted by Crippen LogP contribution is 2.32. The van der Waals surface area contributed by atoms with Gasteiger partial charge in [-0.2, -0.15) is 0 Å². The number of anilines is 4. The zero-order valence-electron chi connectivity index (χ0n) is 35.5. The van der Waals surface area contributed by atoms with Gasteiger partial charge >= 0.3 is 11.9 Å². The second kappa shape index (κ2) is 20.0. The highest BCUT2D eigenvalue weighted by Gasteiger charge is 2.51. The van der Waals surface area contributed by atoms with Crippen molar-refractivity contribution < 1.29 is 28.5 Å². The Balaban J connectivity index is 0.758. The van der Waals surface area contributed by atoms with Crippen molar-refractivity contribution in [2.45, 2.75) is 89.6 Å². The summed E-state index contributed by atoms with van der Waals surface area (Å²) in [7, 11) is 0. The Morgan fingerprint density at radius 2 is 0.767 bits per heavy atom. The molecule has 0 N–H and O–H groups in total. The number of unbranched alkanes of at least 4 members (excludes halogenated alkanes) is 4. The van der Waals surface area contributed by atoms with Gasteiger partial charge in [-0.25, -0.2) is 9.59 Å². The van der Waals surface area contributed by atoms with Gasteiger partial charge < -0.3 is 38.5 Å². The zero-order chi connectivity index (χ0) is 41.3. The molecule has 4 aromatic rings. The normalized spacial score (nSPS) is 21.6. The first-order chi connectivity index (χ1) is 29.4. The van der Waals surface area contributed by atoms with Crippen molar-refractivity contribution in [3.8, 4) is 0 Å². The van der Waals surface area contributed by atoms with Crippen molar-refractivity contribution in [1.82, 2.24) is 0 Å². The van der Waals surface area contributed by atoms with Crippen molar-refractivity contribution in [1.29, 1.82) is 0 Å². The molecule has 4 aliphatic rings. The molecular weight excluding hydrogens is 753 g/mol. The molecule has 0 aliphatic carbocycles. The van der Waals surface area contributed by atoms with E-state index in [1.807, 2.05) is 48.5 Å². The number of ether oxygens (including phenoxy) is 4. The fourth-order valence-corrected chi connectivity index (χ4v) is 9.01. The molecule has 4 heterocycles. The maximum absolute atomic E-state index is 13.2. The number of nitrogens with zero attached hydrogens (tertiary/aromatic N) is 4. The fourth-order valence-electron chi connectivity index (χ4n) is 9.01. The van der Waals surface area contributed by atoms with E-state index in [0.29, 0.717) is 11.1 Å². The number of carbonyl (C=O) groups excluding carboxylic acids is 2. The van der Waals surface area contributed by atoms with Crippen LogP contribution in [0.5, 0.6) is 0 Å². The van der Waals surface area contributed by atoms with Crippen LogP contribution < -0.4 is 19.6 Å². The summed E-state index contributed by atoms with van der Waals surface area (Å²) in [5.41, 5.74) is 8.53. The molecule has 4 unspecified atom stereocenters. The second-order valence-corrected chi connectivity index (χ2v) is 16.8. The topological polar surface area (TPSA) is 84.0 Å². The van der Waals surface area contributed by atoms with Crippen LogP contribution in [-0.2, 0) is 31.8 Å². The molecule has 0 saturated carbocycles. The first-order valence-electron chi connectivity index (χ1n) is 22.5. The second-order valence-electron chi connectivity index (χ2n) is 16.8. The standard InChI is InChI=1S/C50H62N4O6/c1-3-5-7-9-37-11-19-41(20-12-37)51-27-31-53(32-28-51)43-23-15-39(16-24-43)49(55)59-45-35-57-48-46(36-58-47(45)48)60-50(56)40-17-25-44(26-18-40)54-33-29-52(30-34-54)42-21-13-38(14-22-42)10-8-6-4-2/h11-26,45-48H,3-10,27-36H2,1-2H3. The van der Waals surface area contributed by atoms with Crippen molar-refractivity contribution in [3.05, 3.63) is 119 Å². The Hall–Kier alpha value is -5.06. The summed E-state index contributed by atoms with van der Waals surface area (Å²) >= 11 is 0. The van der Waals surface area contributed by atoms with Gasteiger partial charge in [0.2, 0.25) is 0 Å². The summed E-state index contributed by atoms with van der Waals surface area (Å²) in [5, 5.41) is 0. The predicted molar refractivity (Wildman–Crippen MR) is 239 cm³/mol. The molecule has 10 heteroatoms. The zero-order valence-corrected chi connectivity index (χ0v) is 35.5. The number of benzene rings is 4. The molecule has 4 atom stereocenters. The van der Waals surface area contributed by atoms with E-state index < -0.39 is 36.4 Å². The maximum Gasteiger partial charge on any atom is 0.338 e. The molecule has 0 bridgehead atoms. The minimum Gasteiger partial charge on any atom is -0.453 e. The first-order valence-corrected chi connectivity index (χ1v) is 22.5. The number of esters is 2. The van der Waals surface area contributed by atoms with Crippen LogP contribution in [0.4, 0.5) is 22.7 Å². The van der Waals surface area contributed by atoms with Gasteiger partial charge in [0.15, 0.2) is 12.2 Å². The van der Waals surface area contributed by atoms with Gasteiger partial charge in [0, 0.05) is 75.1 Å². The van der Waals surface area contributed by atoms with Crippen LogP contribution in [-0.4, -0.2) is 102 Å². The minimum atomic E-state index is -0.584. The van der Waals surface area contributed by atoms with Gasteiger partial charge in [0.1, 0.15) is 12.2 Å². The maximum atomic E-state index is 13.2. The number of rotatable bonds is 16. The van der Waals surface area contributed by atoms with Crippen LogP contribution in [0, 0.1) is 0 Å². The van der Waals surface area contributed by atoms with E-state index in [1.165, 1.54) is 61.0 Å². The average Bonchev–Trinajstić information content (AvgIpc) is 3.90. The van der Waals surface area contributed by atoms with Crippen molar-refractivity contribution in [3.63, 3.8) is 0 Å². The lowest BCUT2D eigenvalue weighted by Crippen LogP contribution is -2.46. The Kier molecular flexibility index (Phi) is 13.9. The molecular formula is C50H62N4O6. The largest absolute Gasteiger partial charge is 0.453 e. The van der Waals surface area contributed by atoms with E-state index in [4.69, 9.17) is 18.9 Å². The number of aryl methyl sites for hydroxylation is 2. The summed E-state index contributed by atoms with van der Waals surface area (Å²) in [6.07, 6.45) is 7.70. The summed E-state index contributed by atoms with van der Waals surface area (Å²) in [6, 6.07) is 33.4. The van der Waals surface area contributed by atoms with Gasteiger partial charge in [0.25, 0.3) is 0 Å². The smallest absolute Gasteiger partial charge is 0.338 e. The Labute approximate surface area is 356 Å². The van der Waals surface area contributed by atoms with E-state index in [1.54, 1.807) is 0 Å². The molecule has 0 radical (unpaired) electrons. The minimum absolute atomic E-state index is 0.186. The third-order valence-electron chi connectivity index (χ3n) is 12.7. The van der Waals surface area contributed by atoms with Crippen molar-refractivity contribution in [2.75, 3.05) is 85.2 Å². The Morgan fingerprint density at radius 3 is 1.07 bits per heavy atom. The molecule has 4 fully saturated rings. The average molecular weight is 815 g/mol. The quantitative estimate of drug-likeness (QED) is 0.0814. The van der Waals surface area contributed by atoms with Crippen LogP contribution in [0.2, 0.25) is 0 Å². The fraction of sp³-hybridized carbons (Fsp3) is 0.480. The molecule has 10 nitrogen and oxygen atoms in total. The van der Waals surface area contributed by atoms with Gasteiger partial charge in [0.05, 0.1) is 24.3 Å². The third-order valence-corrected chi connectivity index (χ3v) is 12.7. The van der Waals surface area contributed by atoms with Crippen molar-refractivity contribution >= 4 is 34.7 Å². The van der Waals surface area contributed by atoms with E-state index in [0.717, 1.165) is 76.6 Å². The lowest BCUT2D eigenvalue weighted by Gasteiger charge is -2.37. The van der Waals surface area contributed by atoms with Gasteiger partial charge in [-0.05, 0) is 110 Å². The number of fused-ring (bicyclic) bond motifs is 1. The molecule has 0 amide bonds. The van der Waals surface area contributed by atoms with E-state index in [-0.39, 0.29) is 13.2 Å². The molecule has 4 aliphatic heterocycles. The third kappa shape index (κ3) is 10.1. The summed E-state index contributed by atoms with van der Waals surface area (Å²) in [4.78, 5) is 36.1. The molecule has 60 heavy (non-hydrogen) atoms. The van der Waals surface area contributed by atoms with Crippen LogP contribution in [0.3, 0.4) is 0 Å². The van der Waals surface area contributed by atoms with Crippen molar-refractivity contribution in [2.24, 2.45) is 0 Å². The Bertz CT molecular complexity index is 1830. The van der Waals surface area contributed by atoms with Gasteiger partial charge in [-0.1, -0.05) is 63.8 Å². The summed E-state index contributed by atoms with van der Waals surface area (Å²) in [6.45, 7) is 12.3. The number of piperazine rings is 2. The molecule has 318 valence electrons. The highest BCUT2D eigenvalue weighted by atomic mass is 16.7. The number of hydrogen-bond acceptors (Lipinski definition) is 10. The molecule has 8 rings (SSSR count). The van der Waals surface area contributed by atoms with Crippen LogP contribution >= 0.6 is 0 Å². The monoisotopic (exact) mass is 814 g/mol. The van der Waals surface area contributed by atoms with Crippen LogP contribution in [0.15, 0.2) is 97.1 Å². The van der Waals surface area contributed by atoms with E-state index in [9.17, 15) is 9.59 Å².